The maximum atomic E-state index is 11.4. The normalized spacial score (nSPS) is 11.0. The van der Waals surface area contributed by atoms with Gasteiger partial charge in [0.2, 0.25) is 5.91 Å². The Hall–Kier alpha value is -2.07. The predicted octanol–water partition coefficient (Wildman–Crippen LogP) is 3.11. The molecule has 0 bridgehead atoms. The number of amides is 1. The standard InChI is InChI=1S/C13H12ClNO3/c1-2-3-4-5-12(16)15-9-6-7-11(14)10(8-9)13(17)18/h2-8H,1H3,(H,15,16)(H,17,18)/b3-2+,5-4+. The van der Waals surface area contributed by atoms with Crippen LogP contribution in [0.5, 0.6) is 0 Å². The van der Waals surface area contributed by atoms with Gasteiger partial charge in [-0.15, -0.1) is 0 Å². The van der Waals surface area contributed by atoms with Crippen molar-refractivity contribution in [3.63, 3.8) is 0 Å². The van der Waals surface area contributed by atoms with Crippen LogP contribution in [0.15, 0.2) is 42.5 Å². The summed E-state index contributed by atoms with van der Waals surface area (Å²) >= 11 is 5.71. The third-order valence-corrected chi connectivity index (χ3v) is 2.35. The summed E-state index contributed by atoms with van der Waals surface area (Å²) < 4.78 is 0. The number of carbonyl (C=O) groups is 2. The number of rotatable bonds is 4. The molecule has 0 spiro atoms. The smallest absolute Gasteiger partial charge is 0.337 e. The van der Waals surface area contributed by atoms with E-state index in [0.717, 1.165) is 0 Å². The van der Waals surface area contributed by atoms with Gasteiger partial charge in [0.25, 0.3) is 0 Å². The number of hydrogen-bond acceptors (Lipinski definition) is 2. The minimum absolute atomic E-state index is 0.0492. The van der Waals surface area contributed by atoms with Crippen molar-refractivity contribution in [2.75, 3.05) is 5.32 Å². The zero-order chi connectivity index (χ0) is 13.5. The summed E-state index contributed by atoms with van der Waals surface area (Å²) in [5, 5.41) is 11.5. The third-order valence-electron chi connectivity index (χ3n) is 2.02. The van der Waals surface area contributed by atoms with Gasteiger partial charge in [0.15, 0.2) is 0 Å². The Balaban J connectivity index is 2.83. The molecule has 0 aliphatic rings. The van der Waals surface area contributed by atoms with Gasteiger partial charge in [-0.05, 0) is 25.1 Å². The van der Waals surface area contributed by atoms with Gasteiger partial charge in [-0.1, -0.05) is 29.8 Å². The van der Waals surface area contributed by atoms with Crippen molar-refractivity contribution < 1.29 is 14.7 Å². The van der Waals surface area contributed by atoms with Gasteiger partial charge >= 0.3 is 5.97 Å². The number of carboxylic acids is 1. The molecule has 0 radical (unpaired) electrons. The predicted molar refractivity (Wildman–Crippen MR) is 71.0 cm³/mol. The summed E-state index contributed by atoms with van der Waals surface area (Å²) in [6.07, 6.45) is 6.43. The number of hydrogen-bond donors (Lipinski definition) is 2. The van der Waals surface area contributed by atoms with Crippen molar-refractivity contribution in [2.24, 2.45) is 0 Å². The molecule has 0 atom stereocenters. The second-order valence-corrected chi connectivity index (χ2v) is 3.78. The summed E-state index contributed by atoms with van der Waals surface area (Å²) in [6, 6.07) is 4.28. The van der Waals surface area contributed by atoms with Crippen LogP contribution in [-0.4, -0.2) is 17.0 Å². The highest BCUT2D eigenvalue weighted by atomic mass is 35.5. The molecule has 0 aliphatic heterocycles. The number of nitrogens with one attached hydrogen (secondary N) is 1. The van der Waals surface area contributed by atoms with Crippen LogP contribution in [-0.2, 0) is 4.79 Å². The van der Waals surface area contributed by atoms with Crippen molar-refractivity contribution in [3.8, 4) is 0 Å². The van der Waals surface area contributed by atoms with E-state index in [0.29, 0.717) is 5.69 Å². The number of carbonyl (C=O) groups excluding carboxylic acids is 1. The van der Waals surface area contributed by atoms with E-state index in [-0.39, 0.29) is 16.5 Å². The lowest BCUT2D eigenvalue weighted by atomic mass is 10.2. The summed E-state index contributed by atoms with van der Waals surface area (Å²) in [6.45, 7) is 1.83. The molecule has 0 aliphatic carbocycles. The first-order chi connectivity index (χ1) is 8.54. The first-order valence-corrected chi connectivity index (χ1v) is 5.55. The van der Waals surface area contributed by atoms with E-state index < -0.39 is 5.97 Å². The fourth-order valence-corrected chi connectivity index (χ4v) is 1.40. The largest absolute Gasteiger partial charge is 0.478 e. The van der Waals surface area contributed by atoms with Gasteiger partial charge in [-0.2, -0.15) is 0 Å². The van der Waals surface area contributed by atoms with Gasteiger partial charge in [0.05, 0.1) is 10.6 Å². The van der Waals surface area contributed by atoms with Gasteiger partial charge in [-0.25, -0.2) is 4.79 Å². The Morgan fingerprint density at radius 2 is 2.06 bits per heavy atom. The average Bonchev–Trinajstić information content (AvgIpc) is 2.31. The molecule has 1 aromatic rings. The highest BCUT2D eigenvalue weighted by molar-refractivity contribution is 6.33. The zero-order valence-electron chi connectivity index (χ0n) is 9.68. The molecule has 1 amide bonds. The van der Waals surface area contributed by atoms with Gasteiger partial charge < -0.3 is 10.4 Å². The molecule has 1 rings (SSSR count). The molecule has 0 fully saturated rings. The van der Waals surface area contributed by atoms with E-state index in [1.165, 1.54) is 24.3 Å². The molecule has 1 aromatic carbocycles. The molecule has 18 heavy (non-hydrogen) atoms. The van der Waals surface area contributed by atoms with Crippen LogP contribution in [0.2, 0.25) is 5.02 Å². The molecule has 94 valence electrons. The fraction of sp³-hybridized carbons (Fsp3) is 0.0769. The number of benzene rings is 1. The molecule has 4 nitrogen and oxygen atoms in total. The van der Waals surface area contributed by atoms with E-state index >= 15 is 0 Å². The first-order valence-electron chi connectivity index (χ1n) is 5.17. The van der Waals surface area contributed by atoms with Crippen LogP contribution in [0.1, 0.15) is 17.3 Å². The van der Waals surface area contributed by atoms with Crippen LogP contribution in [0.3, 0.4) is 0 Å². The summed E-state index contributed by atoms with van der Waals surface area (Å²) in [7, 11) is 0. The van der Waals surface area contributed by atoms with Gasteiger partial charge in [0.1, 0.15) is 0 Å². The van der Waals surface area contributed by atoms with Crippen molar-refractivity contribution >= 4 is 29.2 Å². The number of allylic oxidation sites excluding steroid dienone is 3. The highest BCUT2D eigenvalue weighted by Gasteiger charge is 2.09. The van der Waals surface area contributed by atoms with Crippen LogP contribution in [0, 0.1) is 0 Å². The molecule has 2 N–H and O–H groups in total. The van der Waals surface area contributed by atoms with Crippen LogP contribution in [0.25, 0.3) is 0 Å². The summed E-state index contributed by atoms with van der Waals surface area (Å²) in [5.74, 6) is -1.48. The number of aromatic carboxylic acids is 1. The molecular formula is C13H12ClNO3. The molecule has 0 unspecified atom stereocenters. The van der Waals surface area contributed by atoms with Gasteiger partial charge in [-0.3, -0.25) is 4.79 Å². The summed E-state index contributed by atoms with van der Waals surface area (Å²) in [4.78, 5) is 22.3. The van der Waals surface area contributed by atoms with E-state index in [2.05, 4.69) is 5.32 Å². The maximum absolute atomic E-state index is 11.4. The Kier molecular flexibility index (Phi) is 5.14. The lowest BCUT2D eigenvalue weighted by molar-refractivity contribution is -0.111. The molecular weight excluding hydrogens is 254 g/mol. The number of halogens is 1. The van der Waals surface area contributed by atoms with Crippen LogP contribution >= 0.6 is 11.6 Å². The van der Waals surface area contributed by atoms with E-state index in [4.69, 9.17) is 16.7 Å². The molecule has 5 heteroatoms. The molecule has 0 heterocycles. The number of anilines is 1. The van der Waals surface area contributed by atoms with E-state index in [1.54, 1.807) is 18.2 Å². The highest BCUT2D eigenvalue weighted by Crippen LogP contribution is 2.20. The van der Waals surface area contributed by atoms with Gasteiger partial charge in [0, 0.05) is 11.8 Å². The second kappa shape index (κ2) is 6.61. The van der Waals surface area contributed by atoms with Crippen LogP contribution in [0.4, 0.5) is 5.69 Å². The van der Waals surface area contributed by atoms with Crippen LogP contribution < -0.4 is 5.32 Å². The molecule has 0 saturated carbocycles. The van der Waals surface area contributed by atoms with E-state index in [1.807, 2.05) is 6.92 Å². The van der Waals surface area contributed by atoms with Crippen molar-refractivity contribution in [1.82, 2.24) is 0 Å². The topological polar surface area (TPSA) is 66.4 Å². The number of carboxylic acid groups (broad SMARTS) is 1. The van der Waals surface area contributed by atoms with Crippen molar-refractivity contribution in [1.29, 1.82) is 0 Å². The Morgan fingerprint density at radius 3 is 2.67 bits per heavy atom. The fourth-order valence-electron chi connectivity index (χ4n) is 1.20. The maximum Gasteiger partial charge on any atom is 0.337 e. The van der Waals surface area contributed by atoms with Crippen molar-refractivity contribution in [2.45, 2.75) is 6.92 Å². The first kappa shape index (κ1) is 14.0. The van der Waals surface area contributed by atoms with Crippen molar-refractivity contribution in [3.05, 3.63) is 53.1 Å². The zero-order valence-corrected chi connectivity index (χ0v) is 10.4. The average molecular weight is 266 g/mol. The molecule has 0 saturated heterocycles. The lowest BCUT2D eigenvalue weighted by Crippen LogP contribution is -2.08. The molecule has 0 aromatic heterocycles. The Bertz CT molecular complexity index is 521. The second-order valence-electron chi connectivity index (χ2n) is 3.37. The minimum atomic E-state index is -1.14. The SMILES string of the molecule is C/C=C/C=C/C(=O)Nc1ccc(Cl)c(C(=O)O)c1. The third kappa shape index (κ3) is 4.07. The minimum Gasteiger partial charge on any atom is -0.478 e. The summed E-state index contributed by atoms with van der Waals surface area (Å²) in [5.41, 5.74) is 0.332. The monoisotopic (exact) mass is 265 g/mol. The van der Waals surface area contributed by atoms with E-state index in [9.17, 15) is 9.59 Å². The lowest BCUT2D eigenvalue weighted by Gasteiger charge is -2.04. The quantitative estimate of drug-likeness (QED) is 0.649. The Labute approximate surface area is 110 Å². The Morgan fingerprint density at radius 1 is 1.33 bits per heavy atom.